The SMILES string of the molecule is CC1CC1c1noc(N2CN=C3c4ccccc4N4CN(Cl)C=C4N32)n1. The first-order valence-electron chi connectivity index (χ1n) is 8.67. The fourth-order valence-corrected chi connectivity index (χ4v) is 4.02. The number of amidine groups is 1. The molecule has 26 heavy (non-hydrogen) atoms. The van der Waals surface area contributed by atoms with Gasteiger partial charge in [0.2, 0.25) is 0 Å². The molecule has 6 rings (SSSR count). The number of benzene rings is 1. The van der Waals surface area contributed by atoms with E-state index in [4.69, 9.17) is 21.3 Å². The molecule has 2 aromatic rings. The Kier molecular flexibility index (Phi) is 2.73. The first-order chi connectivity index (χ1) is 12.7. The number of rotatable bonds is 2. The van der Waals surface area contributed by atoms with Gasteiger partial charge in [-0.2, -0.15) is 4.98 Å². The monoisotopic (exact) mass is 369 g/mol. The molecule has 1 fully saturated rings. The van der Waals surface area contributed by atoms with E-state index in [1.807, 2.05) is 28.4 Å². The Bertz CT molecular complexity index is 970. The molecule has 0 spiro atoms. The maximum atomic E-state index is 6.29. The number of hydrogen-bond acceptors (Lipinski definition) is 8. The molecule has 132 valence electrons. The minimum Gasteiger partial charge on any atom is -0.313 e. The summed E-state index contributed by atoms with van der Waals surface area (Å²) >= 11 is 6.29. The van der Waals surface area contributed by atoms with Crippen LogP contribution in [0.5, 0.6) is 0 Å². The van der Waals surface area contributed by atoms with E-state index in [-0.39, 0.29) is 0 Å². The molecule has 2 atom stereocenters. The second-order valence-electron chi connectivity index (χ2n) is 7.06. The summed E-state index contributed by atoms with van der Waals surface area (Å²) in [6, 6.07) is 8.66. The summed E-state index contributed by atoms with van der Waals surface area (Å²) in [5.74, 6) is 3.63. The van der Waals surface area contributed by atoms with Crippen molar-refractivity contribution in [2.24, 2.45) is 10.9 Å². The van der Waals surface area contributed by atoms with Crippen LogP contribution in [0.3, 0.4) is 0 Å². The second kappa shape index (κ2) is 4.91. The van der Waals surface area contributed by atoms with Gasteiger partial charge in [0.15, 0.2) is 17.5 Å². The normalized spacial score (nSPS) is 25.8. The van der Waals surface area contributed by atoms with Gasteiger partial charge in [0.1, 0.15) is 13.3 Å². The lowest BCUT2D eigenvalue weighted by Gasteiger charge is -2.38. The van der Waals surface area contributed by atoms with E-state index in [0.717, 1.165) is 35.2 Å². The van der Waals surface area contributed by atoms with Crippen molar-refractivity contribution in [1.29, 1.82) is 0 Å². The minimum absolute atomic E-state index is 0.415. The van der Waals surface area contributed by atoms with Crippen molar-refractivity contribution in [1.82, 2.24) is 19.6 Å². The number of aromatic nitrogens is 2. The summed E-state index contributed by atoms with van der Waals surface area (Å²) in [5, 5.41) is 8.10. The van der Waals surface area contributed by atoms with Gasteiger partial charge in [-0.15, -0.1) is 0 Å². The van der Waals surface area contributed by atoms with Crippen LogP contribution in [0.4, 0.5) is 11.7 Å². The van der Waals surface area contributed by atoms with Gasteiger partial charge in [0, 0.05) is 23.3 Å². The fourth-order valence-electron chi connectivity index (χ4n) is 3.83. The van der Waals surface area contributed by atoms with Crippen LogP contribution in [0, 0.1) is 5.92 Å². The molecular weight excluding hydrogens is 354 g/mol. The molecule has 9 heteroatoms. The highest BCUT2D eigenvalue weighted by molar-refractivity contribution is 6.15. The van der Waals surface area contributed by atoms with Crippen LogP contribution in [-0.2, 0) is 0 Å². The van der Waals surface area contributed by atoms with E-state index in [1.165, 1.54) is 0 Å². The zero-order valence-corrected chi connectivity index (χ0v) is 14.8. The van der Waals surface area contributed by atoms with Crippen LogP contribution < -0.4 is 9.91 Å². The Morgan fingerprint density at radius 3 is 2.96 bits per heavy atom. The van der Waals surface area contributed by atoms with Gasteiger partial charge in [-0.05, 0) is 24.5 Å². The molecule has 0 saturated heterocycles. The van der Waals surface area contributed by atoms with Crippen LogP contribution in [0.1, 0.15) is 30.7 Å². The Labute approximate surface area is 155 Å². The molecule has 4 heterocycles. The summed E-state index contributed by atoms with van der Waals surface area (Å²) in [6.45, 7) is 3.20. The maximum absolute atomic E-state index is 6.29. The Hall–Kier alpha value is -2.74. The van der Waals surface area contributed by atoms with Gasteiger partial charge in [-0.25, -0.2) is 15.0 Å². The second-order valence-corrected chi connectivity index (χ2v) is 7.50. The maximum Gasteiger partial charge on any atom is 0.345 e. The molecule has 2 unspecified atom stereocenters. The van der Waals surface area contributed by atoms with Gasteiger partial charge in [0.05, 0.1) is 11.9 Å². The highest BCUT2D eigenvalue weighted by Gasteiger charge is 2.44. The summed E-state index contributed by atoms with van der Waals surface area (Å²) in [6.07, 6.45) is 3.02. The quantitative estimate of drug-likeness (QED) is 0.754. The minimum atomic E-state index is 0.415. The molecular formula is C17H16ClN7O. The molecule has 0 amide bonds. The third-order valence-electron chi connectivity index (χ3n) is 5.35. The Balaban J connectivity index is 1.43. The predicted octanol–water partition coefficient (Wildman–Crippen LogP) is 2.68. The summed E-state index contributed by atoms with van der Waals surface area (Å²) in [5.41, 5.74) is 2.16. The van der Waals surface area contributed by atoms with Crippen molar-refractivity contribution in [3.8, 4) is 0 Å². The Morgan fingerprint density at radius 2 is 2.12 bits per heavy atom. The molecule has 0 radical (unpaired) electrons. The molecule has 1 aromatic carbocycles. The van der Waals surface area contributed by atoms with Crippen LogP contribution in [0.2, 0.25) is 0 Å². The number of nitrogens with zero attached hydrogens (tertiary/aromatic N) is 7. The van der Waals surface area contributed by atoms with E-state index in [2.05, 4.69) is 34.1 Å². The van der Waals surface area contributed by atoms with Crippen molar-refractivity contribution in [2.45, 2.75) is 19.3 Å². The van der Waals surface area contributed by atoms with E-state index < -0.39 is 0 Å². The van der Waals surface area contributed by atoms with Crippen LogP contribution in [0.25, 0.3) is 0 Å². The molecule has 4 aliphatic rings. The fraction of sp³-hybridized carbons (Fsp3) is 0.353. The zero-order valence-electron chi connectivity index (χ0n) is 14.1. The van der Waals surface area contributed by atoms with Gasteiger partial charge in [-0.1, -0.05) is 24.2 Å². The lowest BCUT2D eigenvalue weighted by molar-refractivity contribution is 0.365. The summed E-state index contributed by atoms with van der Waals surface area (Å²) in [7, 11) is 0. The zero-order chi connectivity index (χ0) is 17.4. The molecule has 3 aliphatic heterocycles. The lowest BCUT2D eigenvalue weighted by atomic mass is 10.1. The summed E-state index contributed by atoms with van der Waals surface area (Å²) < 4.78 is 7.20. The standard InChI is InChI=1S/C17H16ClN7O/c1-10-6-12(10)15-20-17(26-21-15)24-8-19-16-11-4-2-3-5-13(11)23-9-22(18)7-14(23)25(16)24/h2-5,7,10,12H,6,8-9H2,1H3. The topological polar surface area (TPSA) is 64.2 Å². The highest BCUT2D eigenvalue weighted by Crippen LogP contribution is 2.46. The highest BCUT2D eigenvalue weighted by atomic mass is 35.5. The predicted molar refractivity (Wildman–Crippen MR) is 96.1 cm³/mol. The number of aliphatic imine (C=N–C) groups is 1. The van der Waals surface area contributed by atoms with Gasteiger partial charge in [0.25, 0.3) is 0 Å². The first kappa shape index (κ1) is 14.4. The first-order valence-corrected chi connectivity index (χ1v) is 9.01. The van der Waals surface area contributed by atoms with Crippen LogP contribution in [0.15, 0.2) is 45.8 Å². The van der Waals surface area contributed by atoms with Crippen molar-refractivity contribution in [3.63, 3.8) is 0 Å². The molecule has 0 bridgehead atoms. The molecule has 0 N–H and O–H groups in total. The molecule has 1 aromatic heterocycles. The van der Waals surface area contributed by atoms with E-state index in [0.29, 0.717) is 31.2 Å². The number of para-hydroxylation sites is 1. The lowest BCUT2D eigenvalue weighted by Crippen LogP contribution is -2.49. The molecule has 8 nitrogen and oxygen atoms in total. The number of fused-ring (bicyclic) bond motifs is 6. The van der Waals surface area contributed by atoms with Crippen LogP contribution in [-0.4, -0.2) is 38.7 Å². The number of hydrazine groups is 1. The molecule has 1 saturated carbocycles. The van der Waals surface area contributed by atoms with Crippen molar-refractivity contribution >= 4 is 29.3 Å². The van der Waals surface area contributed by atoms with Gasteiger partial charge >= 0.3 is 6.01 Å². The largest absolute Gasteiger partial charge is 0.345 e. The van der Waals surface area contributed by atoms with E-state index in [1.54, 1.807) is 4.42 Å². The van der Waals surface area contributed by atoms with Crippen molar-refractivity contribution < 1.29 is 4.52 Å². The van der Waals surface area contributed by atoms with E-state index in [9.17, 15) is 0 Å². The third kappa shape index (κ3) is 1.87. The average molecular weight is 370 g/mol. The van der Waals surface area contributed by atoms with Crippen molar-refractivity contribution in [3.05, 3.63) is 47.7 Å². The number of anilines is 2. The number of halogens is 1. The average Bonchev–Trinajstić information content (AvgIpc) is 3.05. The van der Waals surface area contributed by atoms with Gasteiger partial charge in [-0.3, -0.25) is 4.42 Å². The summed E-state index contributed by atoms with van der Waals surface area (Å²) in [4.78, 5) is 11.5. The van der Waals surface area contributed by atoms with Crippen LogP contribution >= 0.6 is 11.8 Å². The van der Waals surface area contributed by atoms with E-state index >= 15 is 0 Å². The Morgan fingerprint density at radius 1 is 1.27 bits per heavy atom. The smallest absolute Gasteiger partial charge is 0.313 e. The van der Waals surface area contributed by atoms with Gasteiger partial charge < -0.3 is 9.42 Å². The number of hydrogen-bond donors (Lipinski definition) is 0. The third-order valence-corrected chi connectivity index (χ3v) is 5.56. The molecule has 1 aliphatic carbocycles. The van der Waals surface area contributed by atoms with Crippen molar-refractivity contribution in [2.75, 3.05) is 23.2 Å².